The van der Waals surface area contributed by atoms with Crippen LogP contribution in [0.3, 0.4) is 0 Å². The van der Waals surface area contributed by atoms with Crippen LogP contribution in [0, 0.1) is 0 Å². The van der Waals surface area contributed by atoms with Gasteiger partial charge in [-0.15, -0.1) is 24.2 Å². The van der Waals surface area contributed by atoms with Crippen molar-refractivity contribution in [1.29, 1.82) is 0 Å². The van der Waals surface area contributed by atoms with Gasteiger partial charge in [0, 0.05) is 37.6 Å². The van der Waals surface area contributed by atoms with Gasteiger partial charge in [-0.05, 0) is 74.9 Å². The van der Waals surface area contributed by atoms with Crippen molar-refractivity contribution in [1.82, 2.24) is 14.7 Å². The number of carbonyl (C=O) groups excluding carboxylic acids is 1. The third-order valence-corrected chi connectivity index (χ3v) is 12.0. The van der Waals surface area contributed by atoms with Crippen molar-refractivity contribution < 1.29 is 4.79 Å². The fraction of sp³-hybridized carbons (Fsp3) is 0.484. The summed E-state index contributed by atoms with van der Waals surface area (Å²) >= 11 is 1.94. The van der Waals surface area contributed by atoms with E-state index in [1.165, 1.54) is 29.2 Å². The molecule has 3 heterocycles. The minimum atomic E-state index is -0.110. The molecule has 2 saturated heterocycles. The summed E-state index contributed by atoms with van der Waals surface area (Å²) in [6, 6.07) is 21.7. The molecule has 3 aliphatic heterocycles. The molecule has 2 unspecified atom stereocenters. The van der Waals surface area contributed by atoms with Crippen LogP contribution in [-0.2, 0) is 4.79 Å². The van der Waals surface area contributed by atoms with Crippen LogP contribution in [0.5, 0.6) is 0 Å². The van der Waals surface area contributed by atoms with Crippen LogP contribution in [-0.4, -0.2) is 75.4 Å². The molecule has 0 N–H and O–H groups in total. The Morgan fingerprint density at radius 3 is 2.23 bits per heavy atom. The summed E-state index contributed by atoms with van der Waals surface area (Å²) in [6.45, 7) is 8.57. The van der Waals surface area contributed by atoms with Crippen molar-refractivity contribution >= 4 is 51.8 Å². The SMILES string of the molecule is CC1SC2(CCCC2)C(=O)N1CCCCN1CCN(C2=CC=S(c3ccccc3)N2c2ccccc2)CC1.Cl. The zero-order valence-electron chi connectivity index (χ0n) is 22.9. The van der Waals surface area contributed by atoms with Gasteiger partial charge in [0.1, 0.15) is 5.82 Å². The maximum absolute atomic E-state index is 13.1. The molecule has 8 heteroatoms. The van der Waals surface area contributed by atoms with Gasteiger partial charge in [0.2, 0.25) is 5.91 Å². The number of benzene rings is 2. The Kier molecular flexibility index (Phi) is 9.32. The predicted molar refractivity (Wildman–Crippen MR) is 170 cm³/mol. The van der Waals surface area contributed by atoms with E-state index < -0.39 is 0 Å². The van der Waals surface area contributed by atoms with Gasteiger partial charge >= 0.3 is 0 Å². The van der Waals surface area contributed by atoms with Crippen molar-refractivity contribution in [2.45, 2.75) is 60.5 Å². The molecule has 6 rings (SSSR count). The van der Waals surface area contributed by atoms with Gasteiger partial charge in [0.05, 0.1) is 15.8 Å². The third kappa shape index (κ3) is 5.92. The third-order valence-electron chi connectivity index (χ3n) is 8.44. The summed E-state index contributed by atoms with van der Waals surface area (Å²) in [5.41, 5.74) is 1.25. The van der Waals surface area contributed by atoms with Gasteiger partial charge in [0.15, 0.2) is 0 Å². The average molecular weight is 585 g/mol. The molecule has 1 spiro atoms. The van der Waals surface area contributed by atoms with Crippen molar-refractivity contribution in [2.24, 2.45) is 0 Å². The molecule has 1 saturated carbocycles. The molecular weight excluding hydrogens is 544 g/mol. The van der Waals surface area contributed by atoms with Crippen molar-refractivity contribution in [3.8, 4) is 0 Å². The Balaban J connectivity index is 0.00000308. The molecule has 0 radical (unpaired) electrons. The number of hydrogen-bond donors (Lipinski definition) is 0. The molecule has 3 fully saturated rings. The highest BCUT2D eigenvalue weighted by Gasteiger charge is 2.51. The van der Waals surface area contributed by atoms with Crippen LogP contribution in [0.15, 0.2) is 77.5 Å². The van der Waals surface area contributed by atoms with Crippen molar-refractivity contribution in [3.05, 3.63) is 72.6 Å². The Bertz CT molecular complexity index is 1180. The number of piperazine rings is 1. The number of para-hydroxylation sites is 1. The second-order valence-corrected chi connectivity index (χ2v) is 14.3. The minimum absolute atomic E-state index is 0. The van der Waals surface area contributed by atoms with Crippen molar-refractivity contribution in [3.63, 3.8) is 0 Å². The lowest BCUT2D eigenvalue weighted by atomic mass is 10.1. The number of hydrogen-bond acceptors (Lipinski definition) is 5. The molecule has 210 valence electrons. The zero-order valence-corrected chi connectivity index (χ0v) is 25.4. The topological polar surface area (TPSA) is 30.0 Å². The fourth-order valence-corrected chi connectivity index (χ4v) is 10.0. The van der Waals surface area contributed by atoms with E-state index in [0.717, 1.165) is 65.0 Å². The highest BCUT2D eigenvalue weighted by atomic mass is 35.5. The largest absolute Gasteiger partial charge is 0.355 e. The zero-order chi connectivity index (χ0) is 26.0. The van der Waals surface area contributed by atoms with E-state index in [4.69, 9.17) is 0 Å². The highest BCUT2D eigenvalue weighted by molar-refractivity contribution is 8.16. The summed E-state index contributed by atoms with van der Waals surface area (Å²) in [5.74, 6) is 1.75. The van der Waals surface area contributed by atoms with Crippen LogP contribution >= 0.6 is 34.8 Å². The first-order chi connectivity index (χ1) is 18.6. The number of carbonyl (C=O) groups is 1. The minimum Gasteiger partial charge on any atom is -0.355 e. The Morgan fingerprint density at radius 1 is 0.897 bits per heavy atom. The highest BCUT2D eigenvalue weighted by Crippen LogP contribution is 2.50. The van der Waals surface area contributed by atoms with Gasteiger partial charge in [-0.2, -0.15) is 0 Å². The van der Waals surface area contributed by atoms with E-state index in [-0.39, 0.29) is 27.8 Å². The van der Waals surface area contributed by atoms with Gasteiger partial charge < -0.3 is 9.80 Å². The van der Waals surface area contributed by atoms with Gasteiger partial charge in [-0.1, -0.05) is 59.9 Å². The molecule has 2 aromatic rings. The van der Waals surface area contributed by atoms with Crippen molar-refractivity contribution in [2.75, 3.05) is 43.6 Å². The number of anilines is 1. The Morgan fingerprint density at radius 2 is 1.54 bits per heavy atom. The summed E-state index contributed by atoms with van der Waals surface area (Å²) in [5, 5.41) is 2.71. The summed E-state index contributed by atoms with van der Waals surface area (Å²) in [6.07, 6.45) is 9.22. The molecule has 1 aliphatic carbocycles. The smallest absolute Gasteiger partial charge is 0.239 e. The number of halogens is 1. The maximum atomic E-state index is 13.1. The Labute approximate surface area is 247 Å². The normalized spacial score (nSPS) is 24.7. The first-order valence-electron chi connectivity index (χ1n) is 14.3. The lowest BCUT2D eigenvalue weighted by molar-refractivity contribution is -0.132. The van der Waals surface area contributed by atoms with Crippen LogP contribution < -0.4 is 4.31 Å². The molecule has 2 atom stereocenters. The number of thioether (sulfide) groups is 1. The molecule has 1 amide bonds. The molecule has 0 aromatic heterocycles. The number of allylic oxidation sites excluding steroid dienone is 1. The first kappa shape index (κ1) is 28.6. The second kappa shape index (κ2) is 12.7. The molecule has 4 aliphatic rings. The number of nitrogens with zero attached hydrogens (tertiary/aromatic N) is 4. The van der Waals surface area contributed by atoms with E-state index in [2.05, 4.69) is 98.0 Å². The molecule has 2 aromatic carbocycles. The first-order valence-corrected chi connectivity index (χ1v) is 16.4. The molecule has 39 heavy (non-hydrogen) atoms. The quantitative estimate of drug-likeness (QED) is 0.263. The van der Waals surface area contributed by atoms with Gasteiger partial charge in [-0.3, -0.25) is 14.0 Å². The number of amides is 1. The van der Waals surface area contributed by atoms with E-state index in [0.29, 0.717) is 11.3 Å². The Hall–Kier alpha value is -1.93. The molecular formula is C31H41ClN4OS2. The second-order valence-electron chi connectivity index (χ2n) is 10.9. The predicted octanol–water partition coefficient (Wildman–Crippen LogP) is 6.45. The van der Waals surface area contributed by atoms with Gasteiger partial charge in [0.25, 0.3) is 0 Å². The van der Waals surface area contributed by atoms with Crippen LogP contribution in [0.2, 0.25) is 0 Å². The standard InChI is InChI=1S/C31H40N4OS2.ClH/c1-26-34(30(36)31(37-26)17-8-9-18-31)20-11-10-19-32-21-23-33(24-22-32)29-16-25-38(28-14-6-3-7-15-28)35(29)27-12-4-2-5-13-27;/h2-7,12-16,25-26H,8-11,17-24H2,1H3;1H. The van der Waals surface area contributed by atoms with E-state index in [1.807, 2.05) is 11.8 Å². The fourth-order valence-electron chi connectivity index (χ4n) is 6.39. The molecule has 5 nitrogen and oxygen atoms in total. The van der Waals surface area contributed by atoms with Crippen LogP contribution in [0.4, 0.5) is 5.69 Å². The average Bonchev–Trinajstić information content (AvgIpc) is 3.67. The lowest BCUT2D eigenvalue weighted by Gasteiger charge is -2.40. The monoisotopic (exact) mass is 584 g/mol. The summed E-state index contributed by atoms with van der Waals surface area (Å²) in [7, 11) is -0.110. The van der Waals surface area contributed by atoms with E-state index in [9.17, 15) is 4.79 Å². The van der Waals surface area contributed by atoms with Gasteiger partial charge in [-0.25, -0.2) is 0 Å². The van der Waals surface area contributed by atoms with Crippen LogP contribution in [0.1, 0.15) is 45.4 Å². The van der Waals surface area contributed by atoms with E-state index in [1.54, 1.807) is 0 Å². The number of rotatable bonds is 8. The maximum Gasteiger partial charge on any atom is 0.239 e. The van der Waals surface area contributed by atoms with E-state index >= 15 is 0 Å². The van der Waals surface area contributed by atoms with Crippen LogP contribution in [0.25, 0.3) is 0 Å². The molecule has 0 bridgehead atoms. The number of unbranched alkanes of at least 4 members (excludes halogenated alkanes) is 1. The lowest BCUT2D eigenvalue weighted by Crippen LogP contribution is -2.48. The summed E-state index contributed by atoms with van der Waals surface area (Å²) < 4.78 is 2.45. The summed E-state index contributed by atoms with van der Waals surface area (Å²) in [4.78, 5) is 21.8.